The van der Waals surface area contributed by atoms with Crippen molar-refractivity contribution in [2.24, 2.45) is 0 Å². The predicted octanol–water partition coefficient (Wildman–Crippen LogP) is 4.86. The Morgan fingerprint density at radius 3 is 2.48 bits per heavy atom. The van der Waals surface area contributed by atoms with E-state index >= 15 is 0 Å². The normalized spacial score (nSPS) is 11.7. The summed E-state index contributed by atoms with van der Waals surface area (Å²) in [4.78, 5) is 20.1. The first kappa shape index (κ1) is 22.3. The zero-order chi connectivity index (χ0) is 23.2. The van der Waals surface area contributed by atoms with Crippen LogP contribution in [0.3, 0.4) is 0 Å². The van der Waals surface area contributed by atoms with Crippen LogP contribution in [0.1, 0.15) is 34.1 Å². The van der Waals surface area contributed by atoms with Crippen molar-refractivity contribution >= 4 is 5.91 Å². The Hall–Kier alpha value is -3.93. The van der Waals surface area contributed by atoms with Gasteiger partial charge in [0.2, 0.25) is 0 Å². The van der Waals surface area contributed by atoms with Gasteiger partial charge in [-0.25, -0.2) is 9.67 Å². The van der Waals surface area contributed by atoms with Crippen LogP contribution in [0.15, 0.2) is 85.2 Å². The van der Waals surface area contributed by atoms with E-state index in [-0.39, 0.29) is 11.9 Å². The lowest BCUT2D eigenvalue weighted by Crippen LogP contribution is -2.39. The van der Waals surface area contributed by atoms with E-state index < -0.39 is 0 Å². The average molecular weight is 441 g/mol. The van der Waals surface area contributed by atoms with Crippen LogP contribution in [0.5, 0.6) is 5.75 Å². The third kappa shape index (κ3) is 4.95. The SMILES string of the molecule is COc1ccccc1CC(C)N(Cc1ccccc1)C(=O)c1cnn(-c2ccccn2)c1C. The molecule has 0 saturated carbocycles. The highest BCUT2D eigenvalue weighted by molar-refractivity contribution is 5.95. The van der Waals surface area contributed by atoms with E-state index in [4.69, 9.17) is 4.74 Å². The fourth-order valence-corrected chi connectivity index (χ4v) is 3.99. The standard InChI is InChI=1S/C27H28N4O2/c1-20(17-23-13-7-8-14-25(23)33-3)30(19-22-11-5-4-6-12-22)27(32)24-18-29-31(21(24)2)26-15-9-10-16-28-26/h4-16,18,20H,17,19H2,1-3H3. The van der Waals surface area contributed by atoms with Crippen molar-refractivity contribution in [1.82, 2.24) is 19.7 Å². The number of para-hydroxylation sites is 1. The van der Waals surface area contributed by atoms with Crippen molar-refractivity contribution in [1.29, 1.82) is 0 Å². The number of amides is 1. The van der Waals surface area contributed by atoms with Gasteiger partial charge >= 0.3 is 0 Å². The van der Waals surface area contributed by atoms with Crippen molar-refractivity contribution in [3.8, 4) is 11.6 Å². The molecule has 0 N–H and O–H groups in total. The van der Waals surface area contributed by atoms with E-state index in [0.29, 0.717) is 24.3 Å². The Kier molecular flexibility index (Phi) is 6.83. The van der Waals surface area contributed by atoms with Gasteiger partial charge in [0.15, 0.2) is 5.82 Å². The number of carbonyl (C=O) groups is 1. The molecule has 1 atom stereocenters. The first-order valence-corrected chi connectivity index (χ1v) is 11.0. The van der Waals surface area contributed by atoms with Crippen LogP contribution in [0, 0.1) is 6.92 Å². The van der Waals surface area contributed by atoms with Gasteiger partial charge in [0.05, 0.1) is 24.6 Å². The van der Waals surface area contributed by atoms with E-state index in [1.807, 2.05) is 84.6 Å². The number of pyridine rings is 1. The molecule has 6 nitrogen and oxygen atoms in total. The summed E-state index contributed by atoms with van der Waals surface area (Å²) < 4.78 is 7.24. The Morgan fingerprint density at radius 2 is 1.76 bits per heavy atom. The number of hydrogen-bond acceptors (Lipinski definition) is 4. The summed E-state index contributed by atoms with van der Waals surface area (Å²) >= 11 is 0. The van der Waals surface area contributed by atoms with Gasteiger partial charge in [-0.15, -0.1) is 0 Å². The molecule has 0 saturated heterocycles. The van der Waals surface area contributed by atoms with E-state index in [0.717, 1.165) is 22.6 Å². The molecule has 0 radical (unpaired) electrons. The fourth-order valence-electron chi connectivity index (χ4n) is 3.99. The van der Waals surface area contributed by atoms with Gasteiger partial charge in [-0.1, -0.05) is 54.6 Å². The lowest BCUT2D eigenvalue weighted by Gasteiger charge is -2.30. The highest BCUT2D eigenvalue weighted by atomic mass is 16.5. The van der Waals surface area contributed by atoms with Crippen molar-refractivity contribution in [3.63, 3.8) is 0 Å². The molecule has 0 bridgehead atoms. The summed E-state index contributed by atoms with van der Waals surface area (Å²) in [5, 5.41) is 4.45. The summed E-state index contributed by atoms with van der Waals surface area (Å²) in [6.07, 6.45) is 4.03. The first-order chi connectivity index (χ1) is 16.1. The van der Waals surface area contributed by atoms with E-state index in [1.165, 1.54) is 0 Å². The topological polar surface area (TPSA) is 60.2 Å². The predicted molar refractivity (Wildman–Crippen MR) is 129 cm³/mol. The molecule has 0 spiro atoms. The Balaban J connectivity index is 1.66. The number of carbonyl (C=O) groups excluding carboxylic acids is 1. The van der Waals surface area contributed by atoms with Gasteiger partial charge in [-0.3, -0.25) is 4.79 Å². The van der Waals surface area contributed by atoms with Crippen molar-refractivity contribution in [2.75, 3.05) is 7.11 Å². The molecule has 0 aliphatic carbocycles. The Labute approximate surface area is 194 Å². The molecule has 1 amide bonds. The molecule has 0 aliphatic heterocycles. The van der Waals surface area contributed by atoms with Gasteiger partial charge in [-0.2, -0.15) is 5.10 Å². The molecule has 0 fully saturated rings. The van der Waals surface area contributed by atoms with Gasteiger partial charge in [0.1, 0.15) is 5.75 Å². The van der Waals surface area contributed by atoms with Crippen molar-refractivity contribution in [3.05, 3.63) is 108 Å². The second kappa shape index (κ2) is 10.1. The molecule has 1 unspecified atom stereocenters. The largest absolute Gasteiger partial charge is 0.496 e. The third-order valence-corrected chi connectivity index (χ3v) is 5.80. The summed E-state index contributed by atoms with van der Waals surface area (Å²) in [5.41, 5.74) is 3.48. The molecular weight excluding hydrogens is 412 g/mol. The molecule has 6 heteroatoms. The van der Waals surface area contributed by atoms with Gasteiger partial charge in [-0.05, 0) is 49.6 Å². The minimum Gasteiger partial charge on any atom is -0.496 e. The summed E-state index contributed by atoms with van der Waals surface area (Å²) in [6, 6.07) is 23.6. The maximum absolute atomic E-state index is 13.8. The minimum atomic E-state index is -0.0633. The molecule has 4 aromatic rings. The second-order valence-corrected chi connectivity index (χ2v) is 8.03. The van der Waals surface area contributed by atoms with E-state index in [9.17, 15) is 4.79 Å². The number of aromatic nitrogens is 3. The molecule has 33 heavy (non-hydrogen) atoms. The molecular formula is C27H28N4O2. The van der Waals surface area contributed by atoms with Crippen molar-refractivity contribution < 1.29 is 9.53 Å². The van der Waals surface area contributed by atoms with E-state index in [1.54, 1.807) is 24.2 Å². The number of methoxy groups -OCH3 is 1. The quantitative estimate of drug-likeness (QED) is 0.393. The van der Waals surface area contributed by atoms with Gasteiger partial charge < -0.3 is 9.64 Å². The number of ether oxygens (including phenoxy) is 1. The molecule has 168 valence electrons. The third-order valence-electron chi connectivity index (χ3n) is 5.80. The maximum Gasteiger partial charge on any atom is 0.257 e. The van der Waals surface area contributed by atoms with Crippen LogP contribution in [-0.4, -0.2) is 38.7 Å². The van der Waals surface area contributed by atoms with E-state index in [2.05, 4.69) is 17.0 Å². The van der Waals surface area contributed by atoms with Crippen LogP contribution in [0.2, 0.25) is 0 Å². The molecule has 4 rings (SSSR count). The van der Waals surface area contributed by atoms with Crippen LogP contribution in [-0.2, 0) is 13.0 Å². The smallest absolute Gasteiger partial charge is 0.257 e. The zero-order valence-corrected chi connectivity index (χ0v) is 19.2. The monoisotopic (exact) mass is 440 g/mol. The average Bonchev–Trinajstić information content (AvgIpc) is 3.24. The lowest BCUT2D eigenvalue weighted by molar-refractivity contribution is 0.0674. The number of hydrogen-bond donors (Lipinski definition) is 0. The highest BCUT2D eigenvalue weighted by Gasteiger charge is 2.26. The number of benzene rings is 2. The van der Waals surface area contributed by atoms with Gasteiger partial charge in [0, 0.05) is 18.8 Å². The molecule has 2 aromatic heterocycles. The molecule has 2 aromatic carbocycles. The number of rotatable bonds is 8. The van der Waals surface area contributed by atoms with Crippen LogP contribution >= 0.6 is 0 Å². The second-order valence-electron chi connectivity index (χ2n) is 8.03. The van der Waals surface area contributed by atoms with Crippen LogP contribution < -0.4 is 4.74 Å². The van der Waals surface area contributed by atoms with Crippen LogP contribution in [0.4, 0.5) is 0 Å². The maximum atomic E-state index is 13.8. The Morgan fingerprint density at radius 1 is 1.03 bits per heavy atom. The molecule has 0 aliphatic rings. The molecule has 2 heterocycles. The minimum absolute atomic E-state index is 0.0547. The summed E-state index contributed by atoms with van der Waals surface area (Å²) in [7, 11) is 1.67. The number of nitrogens with zero attached hydrogens (tertiary/aromatic N) is 4. The Bertz CT molecular complexity index is 1210. The lowest BCUT2D eigenvalue weighted by atomic mass is 10.0. The van der Waals surface area contributed by atoms with Gasteiger partial charge in [0.25, 0.3) is 5.91 Å². The first-order valence-electron chi connectivity index (χ1n) is 11.0. The fraction of sp³-hybridized carbons (Fsp3) is 0.222. The zero-order valence-electron chi connectivity index (χ0n) is 19.2. The summed E-state index contributed by atoms with van der Waals surface area (Å²) in [5.74, 6) is 1.46. The highest BCUT2D eigenvalue weighted by Crippen LogP contribution is 2.24. The summed E-state index contributed by atoms with van der Waals surface area (Å²) in [6.45, 7) is 4.48. The van der Waals surface area contributed by atoms with Crippen molar-refractivity contribution in [2.45, 2.75) is 32.9 Å². The van der Waals surface area contributed by atoms with Crippen LogP contribution in [0.25, 0.3) is 5.82 Å².